The minimum absolute atomic E-state index is 0.0299. The summed E-state index contributed by atoms with van der Waals surface area (Å²) in [5.41, 5.74) is 1.00. The third-order valence-corrected chi connectivity index (χ3v) is 8.62. The van der Waals surface area contributed by atoms with Crippen molar-refractivity contribution in [2.75, 3.05) is 10.8 Å². The van der Waals surface area contributed by atoms with Crippen molar-refractivity contribution < 1.29 is 22.7 Å². The number of para-hydroxylation sites is 1. The summed E-state index contributed by atoms with van der Waals surface area (Å²) in [6, 6.07) is 29.5. The van der Waals surface area contributed by atoms with E-state index in [1.807, 2.05) is 44.2 Å². The molecule has 4 aromatic carbocycles. The fourth-order valence-electron chi connectivity index (χ4n) is 4.33. The van der Waals surface area contributed by atoms with Crippen LogP contribution in [0.3, 0.4) is 0 Å². The molecule has 1 atom stereocenters. The number of hydrogen-bond acceptors (Lipinski definition) is 5. The number of hydrogen-bond donors (Lipinski definition) is 1. The minimum Gasteiger partial charge on any atom is -0.457 e. The second-order valence-electron chi connectivity index (χ2n) is 10.2. The van der Waals surface area contributed by atoms with Crippen LogP contribution < -0.4 is 14.4 Å². The molecule has 8 nitrogen and oxygen atoms in total. The van der Waals surface area contributed by atoms with Crippen molar-refractivity contribution in [2.45, 2.75) is 44.3 Å². The van der Waals surface area contributed by atoms with E-state index in [1.165, 1.54) is 17.0 Å². The van der Waals surface area contributed by atoms with Crippen molar-refractivity contribution in [1.82, 2.24) is 10.2 Å². The summed E-state index contributed by atoms with van der Waals surface area (Å²) in [6.45, 7) is 4.82. The Kier molecular flexibility index (Phi) is 10.4. The summed E-state index contributed by atoms with van der Waals surface area (Å²) in [7, 11) is -4.17. The molecule has 0 unspecified atom stereocenters. The molecule has 0 aromatic heterocycles. The minimum atomic E-state index is -4.17. The number of benzene rings is 4. The molecule has 0 aliphatic carbocycles. The highest BCUT2D eigenvalue weighted by Gasteiger charge is 2.32. The number of carbonyl (C=O) groups excluding carboxylic acids is 2. The third-order valence-electron chi connectivity index (χ3n) is 6.58. The van der Waals surface area contributed by atoms with E-state index >= 15 is 0 Å². The Balaban J connectivity index is 1.69. The number of halogens is 1. The van der Waals surface area contributed by atoms with Crippen LogP contribution in [0.25, 0.3) is 0 Å². The first-order valence-electron chi connectivity index (χ1n) is 13.8. The van der Waals surface area contributed by atoms with Crippen LogP contribution in [-0.2, 0) is 26.2 Å². The molecule has 43 heavy (non-hydrogen) atoms. The van der Waals surface area contributed by atoms with Gasteiger partial charge in [-0.2, -0.15) is 0 Å². The number of nitrogens with zero attached hydrogens (tertiary/aromatic N) is 2. The van der Waals surface area contributed by atoms with Crippen LogP contribution in [0.1, 0.15) is 26.3 Å². The van der Waals surface area contributed by atoms with Gasteiger partial charge in [-0.05, 0) is 87.0 Å². The molecule has 4 rings (SSSR count). The van der Waals surface area contributed by atoms with E-state index in [4.69, 9.17) is 16.3 Å². The summed E-state index contributed by atoms with van der Waals surface area (Å²) >= 11 is 6.06. The van der Waals surface area contributed by atoms with Crippen molar-refractivity contribution >= 4 is 39.1 Å². The summed E-state index contributed by atoms with van der Waals surface area (Å²) in [6.07, 6.45) is 0. The lowest BCUT2D eigenvalue weighted by Crippen LogP contribution is -2.52. The maximum absolute atomic E-state index is 14.0. The highest BCUT2D eigenvalue weighted by atomic mass is 35.5. The van der Waals surface area contributed by atoms with Gasteiger partial charge in [0.2, 0.25) is 11.8 Å². The molecule has 0 radical (unpaired) electrons. The second-order valence-corrected chi connectivity index (χ2v) is 12.5. The Labute approximate surface area is 257 Å². The Morgan fingerprint density at radius 1 is 0.791 bits per heavy atom. The molecule has 0 aliphatic rings. The first kappa shape index (κ1) is 31.6. The fraction of sp³-hybridized carbons (Fsp3) is 0.212. The molecule has 0 saturated heterocycles. The van der Waals surface area contributed by atoms with Crippen LogP contribution >= 0.6 is 11.6 Å². The predicted octanol–water partition coefficient (Wildman–Crippen LogP) is 6.27. The Bertz CT molecular complexity index is 1620. The van der Waals surface area contributed by atoms with Crippen LogP contribution in [0, 0.1) is 0 Å². The van der Waals surface area contributed by atoms with Crippen LogP contribution in [-0.4, -0.2) is 43.8 Å². The zero-order valence-electron chi connectivity index (χ0n) is 24.2. The van der Waals surface area contributed by atoms with Gasteiger partial charge < -0.3 is 15.0 Å². The van der Waals surface area contributed by atoms with Gasteiger partial charge in [-0.25, -0.2) is 8.42 Å². The van der Waals surface area contributed by atoms with Gasteiger partial charge in [-0.1, -0.05) is 60.1 Å². The summed E-state index contributed by atoms with van der Waals surface area (Å²) < 4.78 is 34.8. The molecule has 1 N–H and O–H groups in total. The number of sulfonamides is 1. The first-order chi connectivity index (χ1) is 20.5. The SMILES string of the molecule is CC(C)NC(=O)[C@H](C)N(Cc1ccc(Cl)cc1)C(=O)CN(c1ccc(Oc2ccccc2)cc1)S(=O)(=O)c1ccccc1. The third kappa shape index (κ3) is 8.37. The highest BCUT2D eigenvalue weighted by Crippen LogP contribution is 2.28. The fourth-order valence-corrected chi connectivity index (χ4v) is 5.89. The van der Waals surface area contributed by atoms with Crippen molar-refractivity contribution in [3.05, 3.63) is 120 Å². The monoisotopic (exact) mass is 619 g/mol. The van der Waals surface area contributed by atoms with E-state index in [0.717, 1.165) is 9.87 Å². The van der Waals surface area contributed by atoms with Gasteiger partial charge in [0.1, 0.15) is 24.1 Å². The van der Waals surface area contributed by atoms with Gasteiger partial charge in [0, 0.05) is 17.6 Å². The molecule has 0 saturated carbocycles. The molecule has 0 aliphatic heterocycles. The number of anilines is 1. The van der Waals surface area contributed by atoms with Crippen LogP contribution in [0.15, 0.2) is 114 Å². The molecule has 0 heterocycles. The van der Waals surface area contributed by atoms with Crippen LogP contribution in [0.4, 0.5) is 5.69 Å². The zero-order chi connectivity index (χ0) is 31.0. The Hall–Kier alpha value is -4.34. The molecule has 10 heteroatoms. The van der Waals surface area contributed by atoms with E-state index in [9.17, 15) is 18.0 Å². The topological polar surface area (TPSA) is 96.0 Å². The summed E-state index contributed by atoms with van der Waals surface area (Å²) in [5.74, 6) is 0.232. The maximum Gasteiger partial charge on any atom is 0.264 e. The normalized spacial score (nSPS) is 11.9. The van der Waals surface area contributed by atoms with Gasteiger partial charge in [-0.3, -0.25) is 13.9 Å². The predicted molar refractivity (Wildman–Crippen MR) is 169 cm³/mol. The van der Waals surface area contributed by atoms with Crippen LogP contribution in [0.5, 0.6) is 11.5 Å². The number of ether oxygens (including phenoxy) is 1. The quantitative estimate of drug-likeness (QED) is 0.202. The Morgan fingerprint density at radius 2 is 1.35 bits per heavy atom. The van der Waals surface area contributed by atoms with Crippen molar-refractivity contribution in [3.8, 4) is 11.5 Å². The second kappa shape index (κ2) is 14.2. The first-order valence-corrected chi connectivity index (χ1v) is 15.6. The van der Waals surface area contributed by atoms with Gasteiger partial charge in [-0.15, -0.1) is 0 Å². The van der Waals surface area contributed by atoms with Crippen molar-refractivity contribution in [1.29, 1.82) is 0 Å². The van der Waals surface area contributed by atoms with E-state index in [1.54, 1.807) is 73.7 Å². The molecule has 224 valence electrons. The standard InChI is InChI=1S/C33H34ClN3O5S/c1-24(2)35-33(39)25(3)36(22-26-14-16-27(34)17-15-26)32(38)23-37(43(40,41)31-12-8-5-9-13-31)28-18-20-30(21-19-28)42-29-10-6-4-7-11-29/h4-21,24-25H,22-23H2,1-3H3,(H,35,39)/t25-/m0/s1. The molecule has 0 bridgehead atoms. The number of amides is 2. The van der Waals surface area contributed by atoms with Gasteiger partial charge in [0.15, 0.2) is 0 Å². The van der Waals surface area contributed by atoms with E-state index in [-0.39, 0.29) is 29.1 Å². The van der Waals surface area contributed by atoms with E-state index in [2.05, 4.69) is 5.32 Å². The molecular weight excluding hydrogens is 586 g/mol. The number of carbonyl (C=O) groups is 2. The Morgan fingerprint density at radius 3 is 1.93 bits per heavy atom. The average Bonchev–Trinajstić information content (AvgIpc) is 3.00. The largest absolute Gasteiger partial charge is 0.457 e. The maximum atomic E-state index is 14.0. The number of rotatable bonds is 12. The molecule has 0 fully saturated rings. The van der Waals surface area contributed by atoms with Gasteiger partial charge >= 0.3 is 0 Å². The molecular formula is C33H34ClN3O5S. The molecule has 0 spiro atoms. The van der Waals surface area contributed by atoms with E-state index < -0.39 is 28.5 Å². The van der Waals surface area contributed by atoms with Gasteiger partial charge in [0.25, 0.3) is 10.0 Å². The van der Waals surface area contributed by atoms with Crippen LogP contribution in [0.2, 0.25) is 5.02 Å². The van der Waals surface area contributed by atoms with Crippen molar-refractivity contribution in [3.63, 3.8) is 0 Å². The van der Waals surface area contributed by atoms with Crippen molar-refractivity contribution in [2.24, 2.45) is 0 Å². The summed E-state index contributed by atoms with van der Waals surface area (Å²) in [4.78, 5) is 28.4. The number of nitrogens with one attached hydrogen (secondary N) is 1. The average molecular weight is 620 g/mol. The lowest BCUT2D eigenvalue weighted by Gasteiger charge is -2.32. The smallest absolute Gasteiger partial charge is 0.264 e. The summed E-state index contributed by atoms with van der Waals surface area (Å²) in [5, 5.41) is 3.37. The highest BCUT2D eigenvalue weighted by molar-refractivity contribution is 7.92. The van der Waals surface area contributed by atoms with Gasteiger partial charge in [0.05, 0.1) is 10.6 Å². The lowest BCUT2D eigenvalue weighted by atomic mass is 10.1. The lowest BCUT2D eigenvalue weighted by molar-refractivity contribution is -0.139. The van der Waals surface area contributed by atoms with E-state index in [0.29, 0.717) is 16.5 Å². The zero-order valence-corrected chi connectivity index (χ0v) is 25.8. The molecule has 2 amide bonds. The molecule has 4 aromatic rings.